The Morgan fingerprint density at radius 2 is 1.50 bits per heavy atom. The minimum absolute atomic E-state index is 0.0226. The SMILES string of the molecule is O=C1NC(=S)N(c2ccc(Oc3ccccc3)cc2)C(=O)/C1=C/c1ccc(I)cc1. The molecule has 0 bridgehead atoms. The third kappa shape index (κ3) is 4.42. The normalized spacial score (nSPS) is 15.3. The Morgan fingerprint density at radius 1 is 0.867 bits per heavy atom. The van der Waals surface area contributed by atoms with E-state index < -0.39 is 11.8 Å². The van der Waals surface area contributed by atoms with Crippen molar-refractivity contribution in [3.8, 4) is 11.5 Å². The number of nitrogens with zero attached hydrogens (tertiary/aromatic N) is 1. The van der Waals surface area contributed by atoms with Crippen molar-refractivity contribution in [2.75, 3.05) is 4.90 Å². The van der Waals surface area contributed by atoms with E-state index in [0.717, 1.165) is 9.13 Å². The molecule has 148 valence electrons. The van der Waals surface area contributed by atoms with Gasteiger partial charge >= 0.3 is 0 Å². The van der Waals surface area contributed by atoms with E-state index in [1.165, 1.54) is 4.90 Å². The van der Waals surface area contributed by atoms with Crippen molar-refractivity contribution < 1.29 is 14.3 Å². The average Bonchev–Trinajstić information content (AvgIpc) is 2.74. The van der Waals surface area contributed by atoms with Gasteiger partial charge in [0.25, 0.3) is 11.8 Å². The molecule has 0 aliphatic carbocycles. The van der Waals surface area contributed by atoms with Crippen LogP contribution in [0.5, 0.6) is 11.5 Å². The van der Waals surface area contributed by atoms with Gasteiger partial charge in [0.2, 0.25) is 0 Å². The highest BCUT2D eigenvalue weighted by Gasteiger charge is 2.34. The van der Waals surface area contributed by atoms with E-state index in [-0.39, 0.29) is 10.7 Å². The first-order valence-electron chi connectivity index (χ1n) is 9.01. The van der Waals surface area contributed by atoms with Crippen molar-refractivity contribution in [3.63, 3.8) is 0 Å². The van der Waals surface area contributed by atoms with E-state index in [2.05, 4.69) is 27.9 Å². The maximum atomic E-state index is 13.1. The van der Waals surface area contributed by atoms with E-state index >= 15 is 0 Å². The van der Waals surface area contributed by atoms with Gasteiger partial charge in [-0.25, -0.2) is 0 Å². The fraction of sp³-hybridized carbons (Fsp3) is 0. The Morgan fingerprint density at radius 3 is 2.17 bits per heavy atom. The molecule has 1 saturated heterocycles. The number of thiocarbonyl (C=S) groups is 1. The predicted molar refractivity (Wildman–Crippen MR) is 128 cm³/mol. The summed E-state index contributed by atoms with van der Waals surface area (Å²) in [4.78, 5) is 26.8. The monoisotopic (exact) mass is 526 g/mol. The zero-order valence-electron chi connectivity index (χ0n) is 15.5. The third-order valence-electron chi connectivity index (χ3n) is 4.36. The maximum Gasteiger partial charge on any atom is 0.270 e. The summed E-state index contributed by atoms with van der Waals surface area (Å²) < 4.78 is 6.85. The minimum atomic E-state index is -0.510. The minimum Gasteiger partial charge on any atom is -0.457 e. The van der Waals surface area contributed by atoms with Crippen molar-refractivity contribution in [1.82, 2.24) is 5.32 Å². The summed E-state index contributed by atoms with van der Waals surface area (Å²) in [7, 11) is 0. The molecule has 0 saturated carbocycles. The number of hydrogen-bond donors (Lipinski definition) is 1. The average molecular weight is 526 g/mol. The van der Waals surface area contributed by atoms with Crippen LogP contribution in [0.1, 0.15) is 5.56 Å². The molecule has 2 amide bonds. The molecule has 5 nitrogen and oxygen atoms in total. The van der Waals surface area contributed by atoms with Crippen LogP contribution in [0.4, 0.5) is 5.69 Å². The van der Waals surface area contributed by atoms with Gasteiger partial charge in [0.05, 0.1) is 5.69 Å². The standard InChI is InChI=1S/C23H15IN2O3S/c24-16-8-6-15(7-9-16)14-20-21(27)25-23(30)26(22(20)28)17-10-12-19(13-11-17)29-18-4-2-1-3-5-18/h1-14H,(H,25,27,30)/b20-14+. The molecule has 1 aliphatic heterocycles. The third-order valence-corrected chi connectivity index (χ3v) is 5.36. The molecule has 3 aromatic carbocycles. The lowest BCUT2D eigenvalue weighted by atomic mass is 10.1. The molecule has 7 heteroatoms. The van der Waals surface area contributed by atoms with Gasteiger partial charge in [0.15, 0.2) is 5.11 Å². The Hall–Kier alpha value is -3.04. The van der Waals surface area contributed by atoms with Crippen LogP contribution >= 0.6 is 34.8 Å². The van der Waals surface area contributed by atoms with Crippen molar-refractivity contribution in [2.45, 2.75) is 0 Å². The molecule has 0 aromatic heterocycles. The number of para-hydroxylation sites is 1. The van der Waals surface area contributed by atoms with Crippen LogP contribution in [-0.2, 0) is 9.59 Å². The molecule has 0 radical (unpaired) electrons. The smallest absolute Gasteiger partial charge is 0.270 e. The summed E-state index contributed by atoms with van der Waals surface area (Å²) >= 11 is 7.45. The number of halogens is 1. The number of benzene rings is 3. The number of anilines is 1. The summed E-state index contributed by atoms with van der Waals surface area (Å²) in [5.74, 6) is 0.353. The molecule has 1 aliphatic rings. The molecular formula is C23H15IN2O3S. The van der Waals surface area contributed by atoms with Gasteiger partial charge in [-0.1, -0.05) is 30.3 Å². The van der Waals surface area contributed by atoms with E-state index in [0.29, 0.717) is 17.2 Å². The number of ether oxygens (including phenoxy) is 1. The number of nitrogens with one attached hydrogen (secondary N) is 1. The Kier molecular flexibility index (Phi) is 5.91. The second-order valence-electron chi connectivity index (χ2n) is 6.42. The molecule has 1 heterocycles. The highest BCUT2D eigenvalue weighted by Crippen LogP contribution is 2.27. The largest absolute Gasteiger partial charge is 0.457 e. The van der Waals surface area contributed by atoms with Crippen LogP contribution in [0.25, 0.3) is 6.08 Å². The second kappa shape index (κ2) is 8.76. The predicted octanol–water partition coefficient (Wildman–Crippen LogP) is 4.91. The van der Waals surface area contributed by atoms with Gasteiger partial charge < -0.3 is 4.74 Å². The molecule has 0 spiro atoms. The van der Waals surface area contributed by atoms with E-state index in [1.807, 2.05) is 54.6 Å². The first kappa shape index (κ1) is 20.2. The Balaban J connectivity index is 1.59. The molecule has 0 atom stereocenters. The lowest BCUT2D eigenvalue weighted by molar-refractivity contribution is -0.122. The zero-order valence-corrected chi connectivity index (χ0v) is 18.5. The van der Waals surface area contributed by atoms with Crippen molar-refractivity contribution in [2.24, 2.45) is 0 Å². The molecular weight excluding hydrogens is 511 g/mol. The summed E-state index contributed by atoms with van der Waals surface area (Å²) in [6.07, 6.45) is 1.56. The van der Waals surface area contributed by atoms with Gasteiger partial charge in [-0.2, -0.15) is 0 Å². The van der Waals surface area contributed by atoms with Gasteiger partial charge in [-0.3, -0.25) is 19.8 Å². The summed E-state index contributed by atoms with van der Waals surface area (Å²) in [5, 5.41) is 2.63. The first-order chi connectivity index (χ1) is 14.5. The van der Waals surface area contributed by atoms with Crippen molar-refractivity contribution in [1.29, 1.82) is 0 Å². The lowest BCUT2D eigenvalue weighted by Crippen LogP contribution is -2.54. The van der Waals surface area contributed by atoms with Crippen LogP contribution in [0.3, 0.4) is 0 Å². The maximum absolute atomic E-state index is 13.1. The van der Waals surface area contributed by atoms with Crippen LogP contribution < -0.4 is 15.0 Å². The molecule has 30 heavy (non-hydrogen) atoms. The van der Waals surface area contributed by atoms with Crippen LogP contribution in [0.2, 0.25) is 0 Å². The summed E-state index contributed by atoms with van der Waals surface area (Å²) in [6, 6.07) is 23.9. The topological polar surface area (TPSA) is 58.6 Å². The number of amides is 2. The lowest BCUT2D eigenvalue weighted by Gasteiger charge is -2.29. The zero-order chi connectivity index (χ0) is 21.1. The first-order valence-corrected chi connectivity index (χ1v) is 10.5. The van der Waals surface area contributed by atoms with Gasteiger partial charge in [-0.15, -0.1) is 0 Å². The van der Waals surface area contributed by atoms with Gasteiger partial charge in [0, 0.05) is 3.57 Å². The number of hydrogen-bond acceptors (Lipinski definition) is 4. The fourth-order valence-electron chi connectivity index (χ4n) is 2.91. The Bertz CT molecular complexity index is 1140. The van der Waals surface area contributed by atoms with Crippen LogP contribution in [0.15, 0.2) is 84.4 Å². The Labute approximate surface area is 192 Å². The summed E-state index contributed by atoms with van der Waals surface area (Å²) in [6.45, 7) is 0. The number of rotatable bonds is 4. The quantitative estimate of drug-likeness (QED) is 0.227. The summed E-state index contributed by atoms with van der Waals surface area (Å²) in [5.41, 5.74) is 1.32. The number of carbonyl (C=O) groups excluding carboxylic acids is 2. The van der Waals surface area contributed by atoms with Crippen molar-refractivity contribution >= 4 is 63.5 Å². The number of carbonyl (C=O) groups is 2. The highest BCUT2D eigenvalue weighted by molar-refractivity contribution is 14.1. The van der Waals surface area contributed by atoms with Crippen molar-refractivity contribution in [3.05, 3.63) is 93.6 Å². The molecule has 4 rings (SSSR count). The molecule has 1 N–H and O–H groups in total. The van der Waals surface area contributed by atoms with Gasteiger partial charge in [-0.05, 0) is 95.0 Å². The molecule has 0 unspecified atom stereocenters. The van der Waals surface area contributed by atoms with Gasteiger partial charge in [0.1, 0.15) is 17.1 Å². The van der Waals surface area contributed by atoms with E-state index in [4.69, 9.17) is 17.0 Å². The highest BCUT2D eigenvalue weighted by atomic mass is 127. The van der Waals surface area contributed by atoms with E-state index in [9.17, 15) is 9.59 Å². The molecule has 1 fully saturated rings. The second-order valence-corrected chi connectivity index (χ2v) is 8.05. The van der Waals surface area contributed by atoms with Crippen LogP contribution in [-0.4, -0.2) is 16.9 Å². The molecule has 3 aromatic rings. The fourth-order valence-corrected chi connectivity index (χ4v) is 3.55. The van der Waals surface area contributed by atoms with E-state index in [1.54, 1.807) is 30.3 Å². The van der Waals surface area contributed by atoms with Crippen LogP contribution in [0, 0.1) is 3.57 Å².